The van der Waals surface area contributed by atoms with Gasteiger partial charge in [-0.2, -0.15) is 0 Å². The van der Waals surface area contributed by atoms with Crippen LogP contribution in [0, 0.1) is 0 Å². The van der Waals surface area contributed by atoms with E-state index in [1.165, 1.54) is 154 Å². The van der Waals surface area contributed by atoms with Gasteiger partial charge in [-0.1, -0.05) is 180 Å². The number of nitrogens with zero attached hydrogens (tertiary/aromatic N) is 2. The molecule has 0 heterocycles. The van der Waals surface area contributed by atoms with Crippen LogP contribution in [0.5, 0.6) is 0 Å². The molecule has 0 rings (SSSR count). The Morgan fingerprint density at radius 1 is 0.310 bits per heavy atom. The van der Waals surface area contributed by atoms with Crippen molar-refractivity contribution in [3.8, 4) is 0 Å². The average molecular weight is 875 g/mol. The second-order valence-corrected chi connectivity index (χ2v) is 21.0. The maximum absolute atomic E-state index is 12.0. The summed E-state index contributed by atoms with van der Waals surface area (Å²) < 4.78 is 45.4. The Morgan fingerprint density at radius 2 is 0.483 bits per heavy atom. The van der Waals surface area contributed by atoms with E-state index >= 15 is 0 Å². The predicted octanol–water partition coefficient (Wildman–Crippen LogP) is 11.1. The Hall–Kier alpha value is 0.0600. The number of unbranched alkanes of at least 4 members (excludes halogenated alkanes) is 29. The summed E-state index contributed by atoms with van der Waals surface area (Å²) in [4.78, 5) is 19.7. The highest BCUT2D eigenvalue weighted by Gasteiger charge is 2.24. The van der Waals surface area contributed by atoms with Crippen molar-refractivity contribution in [3.05, 3.63) is 0 Å². The number of aliphatic hydroxyl groups excluding tert-OH is 2. The number of phosphoric acid groups is 2. The number of hydrogen-bond acceptors (Lipinski definition) is 8. The molecule has 0 aromatic heterocycles. The van der Waals surface area contributed by atoms with Crippen molar-refractivity contribution < 1.29 is 56.2 Å². The van der Waals surface area contributed by atoms with E-state index in [1.807, 2.05) is 28.2 Å². The van der Waals surface area contributed by atoms with E-state index < -0.39 is 15.6 Å². The first-order chi connectivity index (χ1) is 27.7. The fourth-order valence-corrected chi connectivity index (χ4v) is 8.65. The molecule has 14 heteroatoms. The second-order valence-electron chi connectivity index (χ2n) is 18.1. The van der Waals surface area contributed by atoms with Crippen LogP contribution >= 0.6 is 15.6 Å². The van der Waals surface area contributed by atoms with E-state index in [0.717, 1.165) is 38.5 Å². The zero-order valence-corrected chi connectivity index (χ0v) is 40.1. The topological polar surface area (TPSA) is 152 Å². The van der Waals surface area contributed by atoms with Gasteiger partial charge in [0.1, 0.15) is 39.4 Å². The zero-order valence-electron chi connectivity index (χ0n) is 38.3. The minimum Gasteiger partial charge on any atom is -0.391 e. The molecular weight excluding hydrogens is 778 g/mol. The minimum absolute atomic E-state index is 0.0740. The van der Waals surface area contributed by atoms with Crippen LogP contribution in [-0.2, 0) is 27.2 Å². The Bertz CT molecular complexity index is 916. The molecule has 2 atom stereocenters. The quantitative estimate of drug-likeness (QED) is 0.0264. The summed E-state index contributed by atoms with van der Waals surface area (Å²) >= 11 is 0. The van der Waals surface area contributed by atoms with Gasteiger partial charge in [-0.05, 0) is 12.8 Å². The highest BCUT2D eigenvalue weighted by molar-refractivity contribution is 7.47. The average Bonchev–Trinajstić information content (AvgIpc) is 3.14. The molecule has 0 aliphatic heterocycles. The third-order valence-corrected chi connectivity index (χ3v) is 13.4. The Kier molecular flexibility index (Phi) is 38.8. The summed E-state index contributed by atoms with van der Waals surface area (Å²) in [5.41, 5.74) is 0. The predicted molar refractivity (Wildman–Crippen MR) is 240 cm³/mol. The van der Waals surface area contributed by atoms with Crippen LogP contribution in [0.4, 0.5) is 0 Å². The first-order valence-electron chi connectivity index (χ1n) is 23.8. The molecular formula is C44H96N2O10P2+2. The molecule has 0 amide bonds. The zero-order chi connectivity index (χ0) is 43.1. The summed E-state index contributed by atoms with van der Waals surface area (Å²) in [5.74, 6) is 0. The van der Waals surface area contributed by atoms with Gasteiger partial charge in [-0.25, -0.2) is 9.13 Å². The minimum atomic E-state index is -3.99. The number of hydrogen-bond donors (Lipinski definition) is 4. The molecule has 4 N–H and O–H groups in total. The number of rotatable bonds is 47. The summed E-state index contributed by atoms with van der Waals surface area (Å²) in [6.45, 7) is 3.13. The number of phosphoric ester groups is 2. The van der Waals surface area contributed by atoms with Gasteiger partial charge in [0.05, 0.1) is 54.6 Å². The summed E-state index contributed by atoms with van der Waals surface area (Å²) in [5, 5.41) is 18.1. The van der Waals surface area contributed by atoms with Gasteiger partial charge in [-0.15, -0.1) is 0 Å². The van der Waals surface area contributed by atoms with Crippen LogP contribution in [0.15, 0.2) is 0 Å². The standard InChI is InChI=1S/C44H94N2O10P2/c1-45(2,35-39-47)37-43-55-57(49,50)53-41-33-31-29-27-25-23-21-19-17-15-13-11-9-7-5-6-8-10-12-14-16-18-20-22-24-26-28-30-32-34-42-54-58(51,52)56-44-38-46(3,4)36-40-48/h47-48H,5-44H2,1-4H3/p+2. The van der Waals surface area contributed by atoms with E-state index in [9.17, 15) is 18.9 Å². The van der Waals surface area contributed by atoms with Crippen molar-refractivity contribution in [1.29, 1.82) is 0 Å². The highest BCUT2D eigenvalue weighted by atomic mass is 31.2. The van der Waals surface area contributed by atoms with Crippen LogP contribution in [0.2, 0.25) is 0 Å². The SMILES string of the molecule is C[N+](C)(CCO)CCOP(=O)(O)OCCCCCCCCCCCCCCCCCCCCCCCCCCCCCCCCOP(=O)(O)OCC[N+](C)(C)CCO. The van der Waals surface area contributed by atoms with Crippen molar-refractivity contribution in [2.75, 3.05) is 94.0 Å². The van der Waals surface area contributed by atoms with E-state index in [-0.39, 0.29) is 39.6 Å². The Labute approximate surface area is 357 Å². The summed E-state index contributed by atoms with van der Waals surface area (Å²) in [6.07, 6.45) is 38.5. The van der Waals surface area contributed by atoms with Gasteiger partial charge in [0.2, 0.25) is 0 Å². The van der Waals surface area contributed by atoms with Crippen LogP contribution < -0.4 is 0 Å². The third kappa shape index (κ3) is 42.7. The smallest absolute Gasteiger partial charge is 0.391 e. The lowest BCUT2D eigenvalue weighted by atomic mass is 10.0. The van der Waals surface area contributed by atoms with Gasteiger partial charge in [0.15, 0.2) is 0 Å². The molecule has 2 unspecified atom stereocenters. The van der Waals surface area contributed by atoms with Gasteiger partial charge >= 0.3 is 15.6 Å². The molecule has 350 valence electrons. The maximum Gasteiger partial charge on any atom is 0.472 e. The molecule has 12 nitrogen and oxygen atoms in total. The van der Waals surface area contributed by atoms with Gasteiger partial charge in [0, 0.05) is 0 Å². The fourth-order valence-electron chi connectivity index (χ4n) is 7.16. The molecule has 0 saturated carbocycles. The highest BCUT2D eigenvalue weighted by Crippen LogP contribution is 2.44. The number of aliphatic hydroxyl groups is 2. The van der Waals surface area contributed by atoms with Gasteiger partial charge in [0.25, 0.3) is 0 Å². The fraction of sp³-hybridized carbons (Fsp3) is 1.00. The Morgan fingerprint density at radius 3 is 0.672 bits per heavy atom. The van der Waals surface area contributed by atoms with Crippen molar-refractivity contribution >= 4 is 15.6 Å². The molecule has 0 spiro atoms. The largest absolute Gasteiger partial charge is 0.472 e. The molecule has 58 heavy (non-hydrogen) atoms. The lowest BCUT2D eigenvalue weighted by Gasteiger charge is -2.28. The van der Waals surface area contributed by atoms with E-state index in [4.69, 9.17) is 28.3 Å². The Balaban J connectivity index is 3.29. The van der Waals surface area contributed by atoms with Crippen molar-refractivity contribution in [2.45, 2.75) is 193 Å². The van der Waals surface area contributed by atoms with Crippen LogP contribution in [0.1, 0.15) is 193 Å². The van der Waals surface area contributed by atoms with Gasteiger partial charge < -0.3 is 29.0 Å². The summed E-state index contributed by atoms with van der Waals surface area (Å²) in [6, 6.07) is 0. The molecule has 0 aromatic carbocycles. The molecule has 0 aliphatic rings. The van der Waals surface area contributed by atoms with Crippen LogP contribution in [0.3, 0.4) is 0 Å². The second kappa shape index (κ2) is 38.7. The maximum atomic E-state index is 12.0. The molecule has 0 aromatic rings. The first-order valence-corrected chi connectivity index (χ1v) is 26.8. The number of likely N-dealkylation sites (N-methyl/N-ethyl adjacent to an activating group) is 2. The van der Waals surface area contributed by atoms with Crippen molar-refractivity contribution in [3.63, 3.8) is 0 Å². The monoisotopic (exact) mass is 875 g/mol. The normalized spacial score (nSPS) is 14.6. The molecule has 0 radical (unpaired) electrons. The summed E-state index contributed by atoms with van der Waals surface area (Å²) in [7, 11) is -0.204. The van der Waals surface area contributed by atoms with E-state index in [1.54, 1.807) is 0 Å². The molecule has 0 bridgehead atoms. The molecule has 0 fully saturated rings. The van der Waals surface area contributed by atoms with E-state index in [2.05, 4.69) is 0 Å². The molecule has 0 aliphatic carbocycles. The number of quaternary nitrogens is 2. The van der Waals surface area contributed by atoms with Gasteiger partial charge in [-0.3, -0.25) is 18.1 Å². The first kappa shape index (κ1) is 58.1. The van der Waals surface area contributed by atoms with Crippen molar-refractivity contribution in [2.24, 2.45) is 0 Å². The lowest BCUT2D eigenvalue weighted by molar-refractivity contribution is -0.890. The van der Waals surface area contributed by atoms with E-state index in [0.29, 0.717) is 35.1 Å². The lowest BCUT2D eigenvalue weighted by Crippen LogP contribution is -2.44. The van der Waals surface area contributed by atoms with Crippen molar-refractivity contribution in [1.82, 2.24) is 0 Å². The van der Waals surface area contributed by atoms with Crippen LogP contribution in [-0.4, -0.2) is 123 Å². The molecule has 0 saturated heterocycles. The van der Waals surface area contributed by atoms with Crippen LogP contribution in [0.25, 0.3) is 0 Å². The third-order valence-electron chi connectivity index (χ3n) is 11.4.